The molecule has 1 atom stereocenters. The number of aliphatic imine (C=N–C) groups is 1. The number of aryl methyl sites for hydroxylation is 2. The smallest absolute Gasteiger partial charge is 0.255 e. The maximum Gasteiger partial charge on any atom is 0.255 e. The lowest BCUT2D eigenvalue weighted by molar-refractivity contribution is 0.0954. The molecule has 1 aliphatic rings. The Morgan fingerprint density at radius 1 is 1.21 bits per heavy atom. The number of amides is 1. The molecule has 1 unspecified atom stereocenters. The van der Waals surface area contributed by atoms with E-state index in [1.807, 2.05) is 29.7 Å². The van der Waals surface area contributed by atoms with Crippen molar-refractivity contribution >= 4 is 23.0 Å². The predicted molar refractivity (Wildman–Crippen MR) is 110 cm³/mol. The van der Waals surface area contributed by atoms with Crippen LogP contribution in [0.25, 0.3) is 5.65 Å². The zero-order valence-corrected chi connectivity index (χ0v) is 16.4. The van der Waals surface area contributed by atoms with E-state index in [0.29, 0.717) is 23.7 Å². The average molecular weight is 375 g/mol. The van der Waals surface area contributed by atoms with Crippen LogP contribution in [0.2, 0.25) is 0 Å². The number of para-hydroxylation sites is 1. The van der Waals surface area contributed by atoms with Gasteiger partial charge in [0.2, 0.25) is 0 Å². The fourth-order valence-corrected chi connectivity index (χ4v) is 3.71. The number of nitrogens with one attached hydrogen (secondary N) is 1. The van der Waals surface area contributed by atoms with Crippen LogP contribution in [0, 0.1) is 12.8 Å². The van der Waals surface area contributed by atoms with Crippen molar-refractivity contribution in [2.45, 2.75) is 39.5 Å². The van der Waals surface area contributed by atoms with Crippen LogP contribution in [0.1, 0.15) is 47.9 Å². The van der Waals surface area contributed by atoms with E-state index in [2.05, 4.69) is 40.6 Å². The largest absolute Gasteiger partial charge is 0.352 e. The molecule has 4 rings (SSSR count). The molecule has 1 N–H and O–H groups in total. The topological polar surface area (TPSA) is 71.7 Å². The summed E-state index contributed by atoms with van der Waals surface area (Å²) >= 11 is 0. The number of hydrogen-bond donors (Lipinski definition) is 1. The van der Waals surface area contributed by atoms with Gasteiger partial charge in [-0.05, 0) is 62.3 Å². The Balaban J connectivity index is 1.37. The minimum absolute atomic E-state index is 0.112. The van der Waals surface area contributed by atoms with E-state index in [9.17, 15) is 4.79 Å². The number of aromatic nitrogens is 3. The van der Waals surface area contributed by atoms with Gasteiger partial charge in [-0.3, -0.25) is 14.2 Å². The van der Waals surface area contributed by atoms with Crippen molar-refractivity contribution in [2.24, 2.45) is 10.9 Å². The van der Waals surface area contributed by atoms with Crippen molar-refractivity contribution in [3.63, 3.8) is 0 Å². The summed E-state index contributed by atoms with van der Waals surface area (Å²) < 4.78 is 1.83. The summed E-state index contributed by atoms with van der Waals surface area (Å²) in [5.41, 5.74) is 4.80. The fraction of sp³-hybridized carbons (Fsp3) is 0.364. The standard InChI is InChI=1S/C22H25N5O/c1-15-11-12-17-7-3-4-9-20(17)24-19(15)10-5-13-23-22(28)18-8-6-14-27-16(2)25-26-21(18)27/h3-4,6-9,14-15H,5,10-13H2,1-2H3,(H,23,28). The number of carbonyl (C=O) groups is 1. The number of benzene rings is 1. The first-order valence-corrected chi connectivity index (χ1v) is 9.87. The number of hydrogen-bond acceptors (Lipinski definition) is 4. The van der Waals surface area contributed by atoms with Gasteiger partial charge >= 0.3 is 0 Å². The zero-order valence-electron chi connectivity index (χ0n) is 16.4. The van der Waals surface area contributed by atoms with Crippen LogP contribution in [0.5, 0.6) is 0 Å². The molecule has 3 aromatic rings. The van der Waals surface area contributed by atoms with Gasteiger partial charge in [-0.25, -0.2) is 0 Å². The molecular formula is C22H25N5O. The highest BCUT2D eigenvalue weighted by molar-refractivity contribution is 5.99. The molecule has 0 saturated heterocycles. The summed E-state index contributed by atoms with van der Waals surface area (Å²) in [4.78, 5) is 17.5. The quantitative estimate of drug-likeness (QED) is 0.688. The van der Waals surface area contributed by atoms with Gasteiger partial charge in [-0.15, -0.1) is 10.2 Å². The van der Waals surface area contributed by atoms with Crippen molar-refractivity contribution in [1.29, 1.82) is 0 Å². The van der Waals surface area contributed by atoms with E-state index in [1.54, 1.807) is 6.07 Å². The molecule has 6 heteroatoms. The monoisotopic (exact) mass is 375 g/mol. The lowest BCUT2D eigenvalue weighted by Gasteiger charge is -2.12. The van der Waals surface area contributed by atoms with E-state index < -0.39 is 0 Å². The van der Waals surface area contributed by atoms with Crippen LogP contribution < -0.4 is 5.32 Å². The number of rotatable bonds is 5. The Morgan fingerprint density at radius 3 is 2.96 bits per heavy atom. The van der Waals surface area contributed by atoms with E-state index in [4.69, 9.17) is 4.99 Å². The Labute approximate surface area is 164 Å². The van der Waals surface area contributed by atoms with E-state index >= 15 is 0 Å². The molecular weight excluding hydrogens is 350 g/mol. The van der Waals surface area contributed by atoms with Crippen molar-refractivity contribution in [3.8, 4) is 0 Å². The first kappa shape index (κ1) is 18.3. The summed E-state index contributed by atoms with van der Waals surface area (Å²) in [7, 11) is 0. The molecule has 144 valence electrons. The Kier molecular flexibility index (Phi) is 5.19. The van der Waals surface area contributed by atoms with Gasteiger partial charge in [0.05, 0.1) is 11.3 Å². The van der Waals surface area contributed by atoms with Gasteiger partial charge in [0.1, 0.15) is 5.82 Å². The second kappa shape index (κ2) is 7.92. The van der Waals surface area contributed by atoms with Crippen LogP contribution in [-0.4, -0.2) is 32.8 Å². The second-order valence-corrected chi connectivity index (χ2v) is 7.39. The molecule has 3 heterocycles. The van der Waals surface area contributed by atoms with E-state index in [1.165, 1.54) is 11.3 Å². The molecule has 6 nitrogen and oxygen atoms in total. The van der Waals surface area contributed by atoms with Crippen LogP contribution in [0.4, 0.5) is 5.69 Å². The summed E-state index contributed by atoms with van der Waals surface area (Å²) in [5, 5.41) is 11.2. The molecule has 0 aliphatic carbocycles. The Bertz CT molecular complexity index is 1040. The third kappa shape index (κ3) is 3.67. The zero-order chi connectivity index (χ0) is 19.5. The molecule has 0 spiro atoms. The van der Waals surface area contributed by atoms with Gasteiger partial charge < -0.3 is 5.32 Å². The number of nitrogens with zero attached hydrogens (tertiary/aromatic N) is 4. The third-order valence-corrected chi connectivity index (χ3v) is 5.42. The molecule has 1 amide bonds. The van der Waals surface area contributed by atoms with Crippen molar-refractivity contribution < 1.29 is 4.79 Å². The number of pyridine rings is 1. The van der Waals surface area contributed by atoms with Crippen LogP contribution >= 0.6 is 0 Å². The maximum atomic E-state index is 12.6. The minimum atomic E-state index is -0.112. The molecule has 28 heavy (non-hydrogen) atoms. The van der Waals surface area contributed by atoms with E-state index in [0.717, 1.165) is 37.2 Å². The highest BCUT2D eigenvalue weighted by Crippen LogP contribution is 2.28. The summed E-state index contributed by atoms with van der Waals surface area (Å²) in [5.74, 6) is 1.13. The summed E-state index contributed by atoms with van der Waals surface area (Å²) in [6.45, 7) is 4.73. The molecule has 1 aliphatic heterocycles. The maximum absolute atomic E-state index is 12.6. The third-order valence-electron chi connectivity index (χ3n) is 5.42. The summed E-state index contributed by atoms with van der Waals surface area (Å²) in [6, 6.07) is 12.0. The lowest BCUT2D eigenvalue weighted by atomic mass is 9.95. The van der Waals surface area contributed by atoms with Crippen molar-refractivity contribution in [1.82, 2.24) is 19.9 Å². The molecule has 1 aromatic carbocycles. The van der Waals surface area contributed by atoms with Crippen molar-refractivity contribution in [3.05, 3.63) is 59.5 Å². The first-order chi connectivity index (χ1) is 13.6. The van der Waals surface area contributed by atoms with Crippen LogP contribution in [-0.2, 0) is 6.42 Å². The van der Waals surface area contributed by atoms with Crippen molar-refractivity contribution in [2.75, 3.05) is 6.54 Å². The average Bonchev–Trinajstić information content (AvgIpc) is 3.01. The molecule has 0 bridgehead atoms. The van der Waals surface area contributed by atoms with Gasteiger partial charge in [0.15, 0.2) is 5.65 Å². The van der Waals surface area contributed by atoms with Crippen LogP contribution in [0.3, 0.4) is 0 Å². The number of fused-ring (bicyclic) bond motifs is 2. The van der Waals surface area contributed by atoms with Gasteiger partial charge in [-0.2, -0.15) is 0 Å². The normalized spacial score (nSPS) is 16.4. The molecule has 2 aromatic heterocycles. The second-order valence-electron chi connectivity index (χ2n) is 7.39. The predicted octanol–water partition coefficient (Wildman–Crippen LogP) is 3.90. The van der Waals surface area contributed by atoms with Gasteiger partial charge in [-0.1, -0.05) is 25.1 Å². The first-order valence-electron chi connectivity index (χ1n) is 9.87. The highest BCUT2D eigenvalue weighted by Gasteiger charge is 2.17. The minimum Gasteiger partial charge on any atom is -0.352 e. The lowest BCUT2D eigenvalue weighted by Crippen LogP contribution is -2.26. The molecule has 0 radical (unpaired) electrons. The SMILES string of the molecule is Cc1nnc2c(C(=O)NCCCC3=Nc4ccccc4CCC3C)cccn12. The number of carbonyl (C=O) groups excluding carboxylic acids is 1. The van der Waals surface area contributed by atoms with E-state index in [-0.39, 0.29) is 5.91 Å². The molecule has 0 fully saturated rings. The van der Waals surface area contributed by atoms with Crippen LogP contribution in [0.15, 0.2) is 47.6 Å². The Morgan fingerprint density at radius 2 is 2.07 bits per heavy atom. The highest BCUT2D eigenvalue weighted by atomic mass is 16.1. The van der Waals surface area contributed by atoms with Gasteiger partial charge in [0, 0.05) is 18.5 Å². The van der Waals surface area contributed by atoms with Gasteiger partial charge in [0.25, 0.3) is 5.91 Å². The Hall–Kier alpha value is -3.02. The molecule has 0 saturated carbocycles. The summed E-state index contributed by atoms with van der Waals surface area (Å²) in [6.07, 6.45) is 5.82. The fourth-order valence-electron chi connectivity index (χ4n) is 3.71.